The molecule has 1 atom stereocenters. The van der Waals surface area contributed by atoms with Crippen LogP contribution >= 0.6 is 0 Å². The van der Waals surface area contributed by atoms with Gasteiger partial charge in [0.1, 0.15) is 5.75 Å². The van der Waals surface area contributed by atoms with Crippen LogP contribution in [0.25, 0.3) is 6.08 Å². The van der Waals surface area contributed by atoms with Gasteiger partial charge in [-0.05, 0) is 36.8 Å². The number of hydrogen-bond acceptors (Lipinski definition) is 8. The standard InChI is InChI=1S/C20H20N2O8/c1-12(20(25)21-15-11-14(22(26)27)6-8-17(15)28-2)30-19(24)9-5-13-4-7-16(23)18(10-13)29-3/h4-12,23H,1-3H3,(H,21,25)/b9-5+/t12-/m1/s1. The van der Waals surface area contributed by atoms with Crippen molar-refractivity contribution in [2.45, 2.75) is 13.0 Å². The maximum absolute atomic E-state index is 12.3. The van der Waals surface area contributed by atoms with E-state index in [4.69, 9.17) is 14.2 Å². The van der Waals surface area contributed by atoms with E-state index in [2.05, 4.69) is 5.32 Å². The summed E-state index contributed by atoms with van der Waals surface area (Å²) in [7, 11) is 2.75. The van der Waals surface area contributed by atoms with Crippen molar-refractivity contribution < 1.29 is 33.8 Å². The van der Waals surface area contributed by atoms with E-state index in [1.165, 1.54) is 51.5 Å². The number of nitro benzene ring substituents is 1. The van der Waals surface area contributed by atoms with Gasteiger partial charge < -0.3 is 24.6 Å². The molecule has 0 aliphatic heterocycles. The van der Waals surface area contributed by atoms with Gasteiger partial charge in [0.05, 0.1) is 24.8 Å². The SMILES string of the molecule is COc1cc(/C=C/C(=O)O[C@H](C)C(=O)Nc2cc([N+](=O)[O-])ccc2OC)ccc1O. The molecule has 2 rings (SSSR count). The maximum atomic E-state index is 12.3. The van der Waals surface area contributed by atoms with Crippen molar-refractivity contribution in [1.82, 2.24) is 0 Å². The summed E-state index contributed by atoms with van der Waals surface area (Å²) >= 11 is 0. The molecule has 0 aromatic heterocycles. The molecule has 10 heteroatoms. The zero-order valence-corrected chi connectivity index (χ0v) is 16.4. The monoisotopic (exact) mass is 416 g/mol. The summed E-state index contributed by atoms with van der Waals surface area (Å²) in [4.78, 5) is 34.6. The molecule has 2 aromatic rings. The van der Waals surface area contributed by atoms with Crippen LogP contribution in [0.4, 0.5) is 11.4 Å². The van der Waals surface area contributed by atoms with Crippen LogP contribution in [0, 0.1) is 10.1 Å². The van der Waals surface area contributed by atoms with E-state index >= 15 is 0 Å². The summed E-state index contributed by atoms with van der Waals surface area (Å²) in [5.41, 5.74) is 0.411. The van der Waals surface area contributed by atoms with Gasteiger partial charge in [0, 0.05) is 18.2 Å². The highest BCUT2D eigenvalue weighted by Crippen LogP contribution is 2.29. The van der Waals surface area contributed by atoms with Crippen LogP contribution in [0.1, 0.15) is 12.5 Å². The fourth-order valence-electron chi connectivity index (χ4n) is 2.37. The first kappa shape index (κ1) is 22.2. The Balaban J connectivity index is 2.02. The quantitative estimate of drug-likeness (QED) is 0.290. The highest BCUT2D eigenvalue weighted by molar-refractivity contribution is 5.97. The smallest absolute Gasteiger partial charge is 0.331 e. The van der Waals surface area contributed by atoms with Crippen molar-refractivity contribution in [3.63, 3.8) is 0 Å². The lowest BCUT2D eigenvalue weighted by Gasteiger charge is -2.14. The molecule has 158 valence electrons. The van der Waals surface area contributed by atoms with Crippen molar-refractivity contribution in [2.24, 2.45) is 0 Å². The molecule has 2 N–H and O–H groups in total. The largest absolute Gasteiger partial charge is 0.504 e. The Kier molecular flexibility index (Phi) is 7.34. The number of methoxy groups -OCH3 is 2. The third kappa shape index (κ3) is 5.71. The molecule has 0 aliphatic carbocycles. The number of esters is 1. The zero-order valence-electron chi connectivity index (χ0n) is 16.4. The Morgan fingerprint density at radius 2 is 1.83 bits per heavy atom. The zero-order chi connectivity index (χ0) is 22.3. The van der Waals surface area contributed by atoms with Crippen LogP contribution in [-0.2, 0) is 14.3 Å². The topological polar surface area (TPSA) is 137 Å². The number of rotatable bonds is 8. The van der Waals surface area contributed by atoms with Gasteiger partial charge in [-0.2, -0.15) is 0 Å². The second-order valence-electron chi connectivity index (χ2n) is 5.97. The molecule has 30 heavy (non-hydrogen) atoms. The minimum absolute atomic E-state index is 0.0425. The number of phenols is 1. The van der Waals surface area contributed by atoms with Crippen LogP contribution < -0.4 is 14.8 Å². The lowest BCUT2D eigenvalue weighted by molar-refractivity contribution is -0.384. The maximum Gasteiger partial charge on any atom is 0.331 e. The molecule has 10 nitrogen and oxygen atoms in total. The second-order valence-corrected chi connectivity index (χ2v) is 5.97. The van der Waals surface area contributed by atoms with Crippen LogP contribution in [0.2, 0.25) is 0 Å². The summed E-state index contributed by atoms with van der Waals surface area (Å²) in [5.74, 6) is -1.06. The minimum atomic E-state index is -1.18. The van der Waals surface area contributed by atoms with Crippen LogP contribution in [0.3, 0.4) is 0 Å². The van der Waals surface area contributed by atoms with Crippen LogP contribution in [-0.4, -0.2) is 42.2 Å². The van der Waals surface area contributed by atoms with Gasteiger partial charge in [-0.3, -0.25) is 14.9 Å². The number of benzene rings is 2. The molecule has 0 radical (unpaired) electrons. The van der Waals surface area contributed by atoms with Gasteiger partial charge in [0.2, 0.25) is 0 Å². The number of carbonyl (C=O) groups is 2. The number of phenolic OH excluding ortho intramolecular Hbond substituents is 1. The molecule has 0 fully saturated rings. The number of nitrogens with one attached hydrogen (secondary N) is 1. The number of nitrogens with zero attached hydrogens (tertiary/aromatic N) is 1. The van der Waals surface area contributed by atoms with E-state index in [1.807, 2.05) is 0 Å². The third-order valence-electron chi connectivity index (χ3n) is 3.93. The van der Waals surface area contributed by atoms with Gasteiger partial charge in [-0.15, -0.1) is 0 Å². The third-order valence-corrected chi connectivity index (χ3v) is 3.93. The van der Waals surface area contributed by atoms with E-state index < -0.39 is 22.9 Å². The molecule has 0 aliphatic rings. The molecule has 0 spiro atoms. The van der Waals surface area contributed by atoms with Crippen molar-refractivity contribution in [3.8, 4) is 17.2 Å². The van der Waals surface area contributed by atoms with E-state index in [9.17, 15) is 24.8 Å². The van der Waals surface area contributed by atoms with Crippen molar-refractivity contribution in [2.75, 3.05) is 19.5 Å². The summed E-state index contributed by atoms with van der Waals surface area (Å²) in [6.07, 6.45) is 1.36. The Hall–Kier alpha value is -4.08. The predicted molar refractivity (Wildman–Crippen MR) is 108 cm³/mol. The number of anilines is 1. The van der Waals surface area contributed by atoms with Gasteiger partial charge >= 0.3 is 5.97 Å². The molecule has 1 amide bonds. The average Bonchev–Trinajstić information content (AvgIpc) is 2.72. The molecule has 0 saturated heterocycles. The lowest BCUT2D eigenvalue weighted by Crippen LogP contribution is -2.29. The first-order chi connectivity index (χ1) is 14.2. The Morgan fingerprint density at radius 1 is 1.13 bits per heavy atom. The van der Waals surface area contributed by atoms with Crippen molar-refractivity contribution >= 4 is 29.3 Å². The van der Waals surface area contributed by atoms with Gasteiger partial charge in [-0.1, -0.05) is 6.07 Å². The Labute approximate surface area is 171 Å². The first-order valence-electron chi connectivity index (χ1n) is 8.64. The molecule has 0 unspecified atom stereocenters. The van der Waals surface area contributed by atoms with Crippen molar-refractivity contribution in [1.29, 1.82) is 0 Å². The molecule has 0 bridgehead atoms. The van der Waals surface area contributed by atoms with Crippen molar-refractivity contribution in [3.05, 3.63) is 58.2 Å². The van der Waals surface area contributed by atoms with Crippen LogP contribution in [0.15, 0.2) is 42.5 Å². The number of aromatic hydroxyl groups is 1. The summed E-state index contributed by atoms with van der Waals surface area (Å²) in [6.45, 7) is 1.36. The van der Waals surface area contributed by atoms with Gasteiger partial charge in [0.25, 0.3) is 11.6 Å². The predicted octanol–water partition coefficient (Wildman–Crippen LogP) is 2.90. The molecular formula is C20H20N2O8. The van der Waals surface area contributed by atoms with Gasteiger partial charge in [0.15, 0.2) is 17.6 Å². The number of carbonyl (C=O) groups excluding carboxylic acids is 2. The average molecular weight is 416 g/mol. The molecule has 0 saturated carbocycles. The number of non-ortho nitro benzene ring substituents is 1. The van der Waals surface area contributed by atoms with E-state index in [-0.39, 0.29) is 28.6 Å². The Bertz CT molecular complexity index is 987. The van der Waals surface area contributed by atoms with E-state index in [0.717, 1.165) is 12.1 Å². The highest BCUT2D eigenvalue weighted by Gasteiger charge is 2.20. The molecular weight excluding hydrogens is 396 g/mol. The fourth-order valence-corrected chi connectivity index (χ4v) is 2.37. The van der Waals surface area contributed by atoms with E-state index in [0.29, 0.717) is 5.56 Å². The number of ether oxygens (including phenoxy) is 3. The highest BCUT2D eigenvalue weighted by atomic mass is 16.6. The summed E-state index contributed by atoms with van der Waals surface area (Å²) in [5, 5.41) is 22.9. The number of amides is 1. The molecule has 0 heterocycles. The number of hydrogen-bond donors (Lipinski definition) is 2. The second kappa shape index (κ2) is 9.92. The fraction of sp³-hybridized carbons (Fsp3) is 0.200. The summed E-state index contributed by atoms with van der Waals surface area (Å²) < 4.78 is 15.1. The molecule has 2 aromatic carbocycles. The van der Waals surface area contributed by atoms with Crippen LogP contribution in [0.5, 0.6) is 17.2 Å². The summed E-state index contributed by atoms with van der Waals surface area (Å²) in [6, 6.07) is 8.21. The van der Waals surface area contributed by atoms with Gasteiger partial charge in [-0.25, -0.2) is 4.79 Å². The minimum Gasteiger partial charge on any atom is -0.504 e. The number of nitro groups is 1. The first-order valence-corrected chi connectivity index (χ1v) is 8.64. The normalized spacial score (nSPS) is 11.6. The van der Waals surface area contributed by atoms with E-state index in [1.54, 1.807) is 6.07 Å². The Morgan fingerprint density at radius 3 is 2.47 bits per heavy atom. The lowest BCUT2D eigenvalue weighted by atomic mass is 10.2.